The number of carbonyl (C=O) groups is 1. The maximum absolute atomic E-state index is 14.0. The lowest BCUT2D eigenvalue weighted by Gasteiger charge is -2.55. The van der Waals surface area contributed by atoms with Crippen molar-refractivity contribution in [3.63, 3.8) is 0 Å². The number of amides is 1. The van der Waals surface area contributed by atoms with Gasteiger partial charge in [0.1, 0.15) is 15.8 Å². The molecule has 0 aliphatic carbocycles. The zero-order valence-electron chi connectivity index (χ0n) is 19.8. The van der Waals surface area contributed by atoms with Crippen molar-refractivity contribution in [3.05, 3.63) is 82.6 Å². The summed E-state index contributed by atoms with van der Waals surface area (Å²) in [4.78, 5) is 18.5. The van der Waals surface area contributed by atoms with Crippen LogP contribution in [0.3, 0.4) is 0 Å². The van der Waals surface area contributed by atoms with E-state index in [1.165, 1.54) is 33.5 Å². The third kappa shape index (κ3) is 3.68. The number of ether oxygens (including phenoxy) is 1. The number of thiophene rings is 1. The number of hydrogen-bond acceptors (Lipinski definition) is 6. The first-order chi connectivity index (χ1) is 17.8. The number of rotatable bonds is 5. The molecule has 4 aromatic rings. The first kappa shape index (κ1) is 24.1. The molecule has 4 heterocycles. The topological polar surface area (TPSA) is 103 Å². The first-order valence-electron chi connectivity index (χ1n) is 11.7. The van der Waals surface area contributed by atoms with Crippen LogP contribution < -0.4 is 4.74 Å². The number of aliphatic hydroxyl groups excluding tert-OH is 1. The Kier molecular flexibility index (Phi) is 5.64. The number of H-pyrrole nitrogens is 1. The third-order valence-electron chi connectivity index (χ3n) is 7.30. The minimum absolute atomic E-state index is 0.164. The van der Waals surface area contributed by atoms with Crippen molar-refractivity contribution in [1.82, 2.24) is 14.2 Å². The third-order valence-corrected chi connectivity index (χ3v) is 10.5. The number of hydrogen-bond donors (Lipinski definition) is 2. The Morgan fingerprint density at radius 3 is 2.68 bits per heavy atom. The molecule has 1 atom stereocenters. The highest BCUT2D eigenvalue weighted by Crippen LogP contribution is 2.50. The van der Waals surface area contributed by atoms with Crippen molar-refractivity contribution in [2.45, 2.75) is 15.7 Å². The minimum atomic E-state index is -3.68. The lowest BCUT2D eigenvalue weighted by atomic mass is 9.70. The molecule has 0 bridgehead atoms. The second-order valence-corrected chi connectivity index (χ2v) is 12.6. The highest BCUT2D eigenvalue weighted by atomic mass is 32.2. The maximum atomic E-state index is 14.0. The monoisotopic (exact) mass is 541 g/mol. The average molecular weight is 542 g/mol. The Hall–Kier alpha value is -3.25. The molecule has 1 saturated heterocycles. The predicted molar refractivity (Wildman–Crippen MR) is 137 cm³/mol. The quantitative estimate of drug-likeness (QED) is 0.403. The number of nitrogens with zero attached hydrogens (tertiary/aromatic N) is 2. The van der Waals surface area contributed by atoms with Crippen LogP contribution in [-0.2, 0) is 15.4 Å². The fourth-order valence-electron chi connectivity index (χ4n) is 5.60. The average Bonchev–Trinajstić information content (AvgIpc) is 3.54. The van der Waals surface area contributed by atoms with E-state index in [0.717, 1.165) is 27.8 Å². The molecule has 0 unspecified atom stereocenters. The molecule has 2 aliphatic heterocycles. The van der Waals surface area contributed by atoms with Crippen LogP contribution >= 0.6 is 11.3 Å². The summed E-state index contributed by atoms with van der Waals surface area (Å²) < 4.78 is 47.5. The molecular formula is C26H24FN3O5S2. The summed E-state index contributed by atoms with van der Waals surface area (Å²) in [6.07, 6.45) is 0. The summed E-state index contributed by atoms with van der Waals surface area (Å²) in [6.45, 7) is 0.163. The van der Waals surface area contributed by atoms with Crippen LogP contribution in [0.1, 0.15) is 27.7 Å². The van der Waals surface area contributed by atoms with Gasteiger partial charge in [-0.3, -0.25) is 4.79 Å². The fourth-order valence-corrected chi connectivity index (χ4v) is 8.36. The Labute approximate surface area is 216 Å². The molecule has 2 aromatic heterocycles. The molecule has 11 heteroatoms. The van der Waals surface area contributed by atoms with Crippen LogP contribution in [0.4, 0.5) is 4.39 Å². The van der Waals surface area contributed by atoms with E-state index < -0.39 is 33.2 Å². The molecule has 8 nitrogen and oxygen atoms in total. The van der Waals surface area contributed by atoms with Gasteiger partial charge < -0.3 is 19.7 Å². The normalized spacial score (nSPS) is 19.1. The van der Waals surface area contributed by atoms with Crippen LogP contribution in [0.2, 0.25) is 0 Å². The molecule has 1 spiro atoms. The number of aromatic amines is 1. The smallest absolute Gasteiger partial charge is 0.254 e. The van der Waals surface area contributed by atoms with Gasteiger partial charge in [-0.2, -0.15) is 4.31 Å². The summed E-state index contributed by atoms with van der Waals surface area (Å²) in [7, 11) is -2.11. The van der Waals surface area contributed by atoms with Crippen LogP contribution in [-0.4, -0.2) is 67.0 Å². The Morgan fingerprint density at radius 1 is 1.19 bits per heavy atom. The summed E-state index contributed by atoms with van der Waals surface area (Å²) in [5.74, 6) is -0.323. The number of nitrogens with one attached hydrogen (secondary N) is 1. The van der Waals surface area contributed by atoms with Gasteiger partial charge in [-0.25, -0.2) is 12.8 Å². The Morgan fingerprint density at radius 2 is 2.00 bits per heavy atom. The standard InChI is InChI=1S/C26H24FN3O5S2/c1-35-18-7-8-19-20(11-18)28-24-21(12-31)30(25(32)16-4-2-5-17(27)10-16)15-26(23(19)24)13-29(14-26)37(33,34)22-6-3-9-36-22/h2-11,21,28,31H,12-15H2,1H3/t21-/m1/s1. The molecule has 1 amide bonds. The summed E-state index contributed by atoms with van der Waals surface area (Å²) in [5.41, 5.74) is 1.76. The zero-order chi connectivity index (χ0) is 25.9. The van der Waals surface area contributed by atoms with Crippen molar-refractivity contribution in [1.29, 1.82) is 0 Å². The number of carbonyl (C=O) groups excluding carboxylic acids is 1. The summed E-state index contributed by atoms with van der Waals surface area (Å²) in [5, 5.41) is 13.0. The summed E-state index contributed by atoms with van der Waals surface area (Å²) >= 11 is 1.16. The van der Waals surface area contributed by atoms with Crippen molar-refractivity contribution in [3.8, 4) is 5.75 Å². The SMILES string of the molecule is COc1ccc2c3c([nH]c2c1)[C@@H](CO)N(C(=O)c1cccc(F)c1)CC31CN(S(=O)(=O)c2cccs2)C1. The van der Waals surface area contributed by atoms with Gasteiger partial charge in [-0.15, -0.1) is 11.3 Å². The fraction of sp³-hybridized carbons (Fsp3) is 0.269. The second-order valence-electron chi connectivity index (χ2n) is 9.45. The van der Waals surface area contributed by atoms with E-state index in [1.54, 1.807) is 24.6 Å². The van der Waals surface area contributed by atoms with Crippen molar-refractivity contribution >= 4 is 38.2 Å². The molecule has 192 valence electrons. The molecule has 2 aliphatic rings. The van der Waals surface area contributed by atoms with E-state index >= 15 is 0 Å². The number of sulfonamides is 1. The number of aromatic nitrogens is 1. The molecule has 2 N–H and O–H groups in total. The van der Waals surface area contributed by atoms with E-state index in [1.807, 2.05) is 18.2 Å². The van der Waals surface area contributed by atoms with E-state index in [9.17, 15) is 22.7 Å². The minimum Gasteiger partial charge on any atom is -0.497 e. The van der Waals surface area contributed by atoms with Gasteiger partial charge in [0.15, 0.2) is 0 Å². The van der Waals surface area contributed by atoms with Crippen molar-refractivity contribution in [2.24, 2.45) is 0 Å². The lowest BCUT2D eigenvalue weighted by molar-refractivity contribution is 0.0247. The van der Waals surface area contributed by atoms with Gasteiger partial charge in [0, 0.05) is 53.3 Å². The highest BCUT2D eigenvalue weighted by Gasteiger charge is 2.56. The second kappa shape index (κ2) is 8.66. The zero-order valence-corrected chi connectivity index (χ0v) is 21.5. The molecule has 0 saturated carbocycles. The van der Waals surface area contributed by atoms with Gasteiger partial charge in [-0.1, -0.05) is 12.1 Å². The van der Waals surface area contributed by atoms with E-state index in [4.69, 9.17) is 4.74 Å². The molecule has 6 rings (SSSR count). The number of methoxy groups -OCH3 is 1. The highest BCUT2D eigenvalue weighted by molar-refractivity contribution is 7.91. The molecular weight excluding hydrogens is 517 g/mol. The number of benzene rings is 2. The molecule has 1 fully saturated rings. The van der Waals surface area contributed by atoms with Crippen molar-refractivity contribution in [2.75, 3.05) is 33.4 Å². The van der Waals surface area contributed by atoms with Crippen LogP contribution in [0.25, 0.3) is 10.9 Å². The largest absolute Gasteiger partial charge is 0.497 e. The van der Waals surface area contributed by atoms with Gasteiger partial charge in [0.25, 0.3) is 15.9 Å². The Bertz CT molecular complexity index is 1610. The van der Waals surface area contributed by atoms with Gasteiger partial charge in [0.2, 0.25) is 0 Å². The molecule has 2 aromatic carbocycles. The predicted octanol–water partition coefficient (Wildman–Crippen LogP) is 3.51. The van der Waals surface area contributed by atoms with Crippen LogP contribution in [0.15, 0.2) is 64.2 Å². The molecule has 37 heavy (non-hydrogen) atoms. The van der Waals surface area contributed by atoms with E-state index in [2.05, 4.69) is 4.98 Å². The summed E-state index contributed by atoms with van der Waals surface area (Å²) in [6, 6.07) is 13.6. The number of aliphatic hydroxyl groups is 1. The van der Waals surface area contributed by atoms with Crippen LogP contribution in [0, 0.1) is 5.82 Å². The molecule has 0 radical (unpaired) electrons. The first-order valence-corrected chi connectivity index (χ1v) is 14.0. The number of fused-ring (bicyclic) bond motifs is 4. The number of halogens is 1. The van der Waals surface area contributed by atoms with Gasteiger partial charge in [0.05, 0.1) is 19.8 Å². The van der Waals surface area contributed by atoms with Gasteiger partial charge in [-0.05, 0) is 47.3 Å². The van der Waals surface area contributed by atoms with Crippen molar-refractivity contribution < 1.29 is 27.4 Å². The Balaban J connectivity index is 1.47. The van der Waals surface area contributed by atoms with Gasteiger partial charge >= 0.3 is 0 Å². The maximum Gasteiger partial charge on any atom is 0.254 e. The van der Waals surface area contributed by atoms with E-state index in [-0.39, 0.29) is 36.0 Å². The van der Waals surface area contributed by atoms with Crippen LogP contribution in [0.5, 0.6) is 5.75 Å². The van der Waals surface area contributed by atoms with E-state index in [0.29, 0.717) is 11.4 Å². The lowest BCUT2D eigenvalue weighted by Crippen LogP contribution is -2.67.